The fourth-order valence-electron chi connectivity index (χ4n) is 5.53. The van der Waals surface area contributed by atoms with Gasteiger partial charge in [0, 0.05) is 55.2 Å². The molecule has 3 aromatic rings. The summed E-state index contributed by atoms with van der Waals surface area (Å²) in [5, 5.41) is 7.82. The molecule has 5 rings (SSSR count). The average Bonchev–Trinajstić information content (AvgIpc) is 2.97. The quantitative estimate of drug-likeness (QED) is 0.438. The van der Waals surface area contributed by atoms with Crippen LogP contribution in [0.3, 0.4) is 0 Å². The molecular formula is C31H34Cl2N4O2. The topological polar surface area (TPSA) is 64.7 Å². The molecule has 204 valence electrons. The van der Waals surface area contributed by atoms with Crippen LogP contribution >= 0.6 is 23.2 Å². The largest absolute Gasteiger partial charge is 0.343 e. The number of piperazine rings is 1. The van der Waals surface area contributed by atoms with Gasteiger partial charge in [0.05, 0.1) is 6.04 Å². The van der Waals surface area contributed by atoms with Gasteiger partial charge in [-0.05, 0) is 53.8 Å². The van der Waals surface area contributed by atoms with E-state index in [9.17, 15) is 9.59 Å². The molecule has 2 aliphatic heterocycles. The minimum absolute atomic E-state index is 0.0560. The molecular weight excluding hydrogens is 531 g/mol. The number of fused-ring (bicyclic) bond motifs is 1. The summed E-state index contributed by atoms with van der Waals surface area (Å²) in [5.74, 6) is -0.206. The fourth-order valence-corrected chi connectivity index (χ4v) is 5.95. The molecule has 3 aromatic carbocycles. The third-order valence-electron chi connectivity index (χ3n) is 7.89. The first-order valence-electron chi connectivity index (χ1n) is 13.5. The molecule has 2 N–H and O–H groups in total. The number of benzene rings is 3. The van der Waals surface area contributed by atoms with Crippen LogP contribution in [0.4, 0.5) is 0 Å². The maximum absolute atomic E-state index is 13.8. The molecule has 1 fully saturated rings. The molecule has 0 spiro atoms. The fraction of sp³-hybridized carbons (Fsp3) is 0.355. The molecule has 2 heterocycles. The van der Waals surface area contributed by atoms with Crippen LogP contribution in [0.2, 0.25) is 10.0 Å². The number of amides is 2. The van der Waals surface area contributed by atoms with Crippen molar-refractivity contribution in [2.45, 2.75) is 44.4 Å². The van der Waals surface area contributed by atoms with Crippen molar-refractivity contribution in [2.75, 3.05) is 26.2 Å². The highest BCUT2D eigenvalue weighted by Crippen LogP contribution is 2.28. The zero-order valence-corrected chi connectivity index (χ0v) is 23.6. The highest BCUT2D eigenvalue weighted by Gasteiger charge is 2.33. The van der Waals surface area contributed by atoms with E-state index < -0.39 is 6.04 Å². The molecule has 1 saturated heterocycles. The van der Waals surface area contributed by atoms with E-state index >= 15 is 0 Å². The van der Waals surface area contributed by atoms with E-state index in [0.717, 1.165) is 29.2 Å². The lowest BCUT2D eigenvalue weighted by atomic mass is 9.95. The van der Waals surface area contributed by atoms with E-state index in [1.807, 2.05) is 59.5 Å². The van der Waals surface area contributed by atoms with Crippen molar-refractivity contribution in [2.24, 2.45) is 0 Å². The molecule has 0 aliphatic carbocycles. The van der Waals surface area contributed by atoms with Crippen LogP contribution in [0.15, 0.2) is 72.8 Å². The second-order valence-electron chi connectivity index (χ2n) is 10.4. The summed E-state index contributed by atoms with van der Waals surface area (Å²) in [7, 11) is 0. The van der Waals surface area contributed by atoms with Gasteiger partial charge in [0.1, 0.15) is 6.04 Å². The Kier molecular flexibility index (Phi) is 8.88. The summed E-state index contributed by atoms with van der Waals surface area (Å²) in [4.78, 5) is 31.4. The van der Waals surface area contributed by atoms with Crippen molar-refractivity contribution < 1.29 is 9.59 Å². The molecule has 39 heavy (non-hydrogen) atoms. The summed E-state index contributed by atoms with van der Waals surface area (Å²) < 4.78 is 0. The minimum atomic E-state index is -0.662. The van der Waals surface area contributed by atoms with E-state index in [1.54, 1.807) is 0 Å². The van der Waals surface area contributed by atoms with Crippen molar-refractivity contribution in [3.8, 4) is 0 Å². The number of rotatable bonds is 7. The number of nitrogens with one attached hydrogen (secondary N) is 2. The Bertz CT molecular complexity index is 1310. The average molecular weight is 566 g/mol. The Morgan fingerprint density at radius 3 is 2.31 bits per heavy atom. The van der Waals surface area contributed by atoms with Gasteiger partial charge in [0.2, 0.25) is 11.8 Å². The van der Waals surface area contributed by atoms with Gasteiger partial charge in [0.15, 0.2) is 0 Å². The van der Waals surface area contributed by atoms with Crippen LogP contribution in [-0.2, 0) is 29.0 Å². The molecule has 6 nitrogen and oxygen atoms in total. The van der Waals surface area contributed by atoms with Gasteiger partial charge in [-0.3, -0.25) is 14.5 Å². The highest BCUT2D eigenvalue weighted by molar-refractivity contribution is 6.31. The van der Waals surface area contributed by atoms with Gasteiger partial charge in [-0.2, -0.15) is 0 Å². The van der Waals surface area contributed by atoms with Crippen molar-refractivity contribution >= 4 is 35.0 Å². The molecule has 3 unspecified atom stereocenters. The van der Waals surface area contributed by atoms with Gasteiger partial charge in [0.25, 0.3) is 0 Å². The Labute approximate surface area is 240 Å². The van der Waals surface area contributed by atoms with Gasteiger partial charge < -0.3 is 15.5 Å². The number of hydrogen-bond acceptors (Lipinski definition) is 4. The van der Waals surface area contributed by atoms with Crippen molar-refractivity contribution in [1.82, 2.24) is 20.4 Å². The second kappa shape index (κ2) is 12.5. The third kappa shape index (κ3) is 6.64. The summed E-state index contributed by atoms with van der Waals surface area (Å²) in [6, 6.07) is 22.6. The maximum atomic E-state index is 13.8. The Balaban J connectivity index is 1.26. The van der Waals surface area contributed by atoms with E-state index in [-0.39, 0.29) is 23.9 Å². The van der Waals surface area contributed by atoms with Crippen LogP contribution < -0.4 is 10.6 Å². The third-order valence-corrected chi connectivity index (χ3v) is 8.49. The summed E-state index contributed by atoms with van der Waals surface area (Å²) in [6.07, 6.45) is 1.00. The van der Waals surface area contributed by atoms with Crippen LogP contribution in [0.1, 0.15) is 35.2 Å². The lowest BCUT2D eigenvalue weighted by Gasteiger charge is -2.39. The molecule has 8 heteroatoms. The van der Waals surface area contributed by atoms with Crippen LogP contribution in [0.25, 0.3) is 0 Å². The Hall–Kier alpha value is -2.90. The number of halogens is 2. The second-order valence-corrected chi connectivity index (χ2v) is 11.2. The Morgan fingerprint density at radius 1 is 0.923 bits per heavy atom. The van der Waals surface area contributed by atoms with Crippen LogP contribution in [0.5, 0.6) is 0 Å². The first-order valence-corrected chi connectivity index (χ1v) is 14.3. The molecule has 0 radical (unpaired) electrons. The zero-order valence-electron chi connectivity index (χ0n) is 22.1. The first-order chi connectivity index (χ1) is 18.9. The van der Waals surface area contributed by atoms with E-state index in [0.29, 0.717) is 37.5 Å². The monoisotopic (exact) mass is 564 g/mol. The Morgan fingerprint density at radius 2 is 1.59 bits per heavy atom. The zero-order chi connectivity index (χ0) is 27.4. The van der Waals surface area contributed by atoms with Crippen molar-refractivity contribution in [3.63, 3.8) is 0 Å². The number of nitrogens with zero attached hydrogens (tertiary/aromatic N) is 2. The lowest BCUT2D eigenvalue weighted by molar-refractivity contribution is -0.138. The number of hydrogen-bond donors (Lipinski definition) is 2. The van der Waals surface area contributed by atoms with Crippen LogP contribution in [-0.4, -0.2) is 59.9 Å². The van der Waals surface area contributed by atoms with Crippen LogP contribution in [0, 0.1) is 0 Å². The molecule has 3 atom stereocenters. The molecule has 2 amide bonds. The van der Waals surface area contributed by atoms with Gasteiger partial charge >= 0.3 is 0 Å². The van der Waals surface area contributed by atoms with Gasteiger partial charge in [-0.25, -0.2) is 0 Å². The molecule has 0 bridgehead atoms. The standard InChI is InChI=1S/C31H34Cl2N4O2/c1-21(26-8-4-5-9-27(26)33)36-14-16-37(17-15-36)31(39)29(18-22-10-12-25(32)13-11-22)35-30(38)28-19-23-6-2-3-7-24(23)20-34-28/h2-13,21,28-29,34H,14-20H2,1H3,(H,35,38). The summed E-state index contributed by atoms with van der Waals surface area (Å²) in [5.41, 5.74) is 4.42. The van der Waals surface area contributed by atoms with Gasteiger partial charge in [-0.1, -0.05) is 77.8 Å². The van der Waals surface area contributed by atoms with E-state index in [4.69, 9.17) is 23.2 Å². The number of carbonyl (C=O) groups excluding carboxylic acids is 2. The molecule has 0 aromatic heterocycles. The number of carbonyl (C=O) groups is 2. The predicted octanol–water partition coefficient (Wildman–Crippen LogP) is 4.64. The molecule has 2 aliphatic rings. The van der Waals surface area contributed by atoms with E-state index in [1.165, 1.54) is 11.1 Å². The summed E-state index contributed by atoms with van der Waals surface area (Å²) >= 11 is 12.5. The van der Waals surface area contributed by atoms with E-state index in [2.05, 4.69) is 40.7 Å². The minimum Gasteiger partial charge on any atom is -0.343 e. The normalized spacial score (nSPS) is 19.2. The van der Waals surface area contributed by atoms with Gasteiger partial charge in [-0.15, -0.1) is 0 Å². The molecule has 0 saturated carbocycles. The lowest BCUT2D eigenvalue weighted by Crippen LogP contribution is -2.58. The van der Waals surface area contributed by atoms with Crippen molar-refractivity contribution in [1.29, 1.82) is 0 Å². The predicted molar refractivity (Wildman–Crippen MR) is 156 cm³/mol. The summed E-state index contributed by atoms with van der Waals surface area (Å²) in [6.45, 7) is 5.44. The maximum Gasteiger partial charge on any atom is 0.245 e. The smallest absolute Gasteiger partial charge is 0.245 e. The van der Waals surface area contributed by atoms with Crippen molar-refractivity contribution in [3.05, 3.63) is 105 Å². The SMILES string of the molecule is CC(c1ccccc1Cl)N1CCN(C(=O)C(Cc2ccc(Cl)cc2)NC(=O)C2Cc3ccccc3CN2)CC1. The first kappa shape index (κ1) is 27.7. The highest BCUT2D eigenvalue weighted by atomic mass is 35.5.